The number of imide groups is 1. The van der Waals surface area contributed by atoms with Gasteiger partial charge in [0.2, 0.25) is 17.7 Å². The summed E-state index contributed by atoms with van der Waals surface area (Å²) in [4.78, 5) is 36.4. The number of fused-ring (bicyclic) bond motifs is 1. The molecular weight excluding hydrogens is 272 g/mol. The Morgan fingerprint density at radius 2 is 1.90 bits per heavy atom. The number of hydrogen-bond acceptors (Lipinski definition) is 5. The van der Waals surface area contributed by atoms with Gasteiger partial charge in [-0.05, 0) is 18.7 Å². The van der Waals surface area contributed by atoms with Crippen molar-refractivity contribution in [2.45, 2.75) is 13.0 Å². The molecule has 7 nitrogen and oxygen atoms in total. The minimum absolute atomic E-state index is 0.0866. The van der Waals surface area contributed by atoms with Crippen molar-refractivity contribution in [3.63, 3.8) is 0 Å². The molecule has 2 aliphatic heterocycles. The zero-order chi connectivity index (χ0) is 15.0. The van der Waals surface area contributed by atoms with Crippen LogP contribution in [0, 0.1) is 0 Å². The molecule has 3 N–H and O–H groups in total. The molecule has 1 saturated heterocycles. The van der Waals surface area contributed by atoms with Crippen LogP contribution in [0.1, 0.15) is 18.5 Å². The highest BCUT2D eigenvalue weighted by Crippen LogP contribution is 2.34. The van der Waals surface area contributed by atoms with Crippen LogP contribution in [0.2, 0.25) is 0 Å². The number of benzene rings is 1. The van der Waals surface area contributed by atoms with Crippen molar-refractivity contribution >= 4 is 29.1 Å². The van der Waals surface area contributed by atoms with Crippen LogP contribution >= 0.6 is 0 Å². The molecule has 1 aromatic carbocycles. The number of piperazine rings is 1. The lowest BCUT2D eigenvalue weighted by atomic mass is 10.1. The van der Waals surface area contributed by atoms with Crippen LogP contribution in [-0.2, 0) is 14.4 Å². The number of nitrogens with zero attached hydrogens (tertiary/aromatic N) is 1. The lowest BCUT2D eigenvalue weighted by Crippen LogP contribution is -2.51. The van der Waals surface area contributed by atoms with Gasteiger partial charge in [0.1, 0.15) is 6.04 Å². The van der Waals surface area contributed by atoms with E-state index in [1.807, 2.05) is 19.1 Å². The smallest absolute Gasteiger partial charge is 0.246 e. The van der Waals surface area contributed by atoms with Crippen molar-refractivity contribution in [1.82, 2.24) is 10.6 Å². The monoisotopic (exact) mass is 288 g/mol. The highest BCUT2D eigenvalue weighted by atomic mass is 16.2. The number of hydrogen-bond donors (Lipinski definition) is 3. The Morgan fingerprint density at radius 3 is 2.57 bits per heavy atom. The van der Waals surface area contributed by atoms with E-state index >= 15 is 0 Å². The van der Waals surface area contributed by atoms with Crippen LogP contribution in [0.5, 0.6) is 0 Å². The summed E-state index contributed by atoms with van der Waals surface area (Å²) in [7, 11) is 0. The van der Waals surface area contributed by atoms with E-state index in [1.54, 1.807) is 11.0 Å². The lowest BCUT2D eigenvalue weighted by molar-refractivity contribution is -0.130. The van der Waals surface area contributed by atoms with Crippen LogP contribution in [0.15, 0.2) is 18.2 Å². The van der Waals surface area contributed by atoms with E-state index < -0.39 is 0 Å². The summed E-state index contributed by atoms with van der Waals surface area (Å²) in [6.45, 7) is 2.90. The van der Waals surface area contributed by atoms with Gasteiger partial charge in [-0.15, -0.1) is 0 Å². The van der Waals surface area contributed by atoms with Crippen molar-refractivity contribution < 1.29 is 14.4 Å². The van der Waals surface area contributed by atoms with Crippen molar-refractivity contribution in [2.24, 2.45) is 0 Å². The molecule has 0 radical (unpaired) electrons. The van der Waals surface area contributed by atoms with E-state index in [0.717, 1.165) is 16.9 Å². The van der Waals surface area contributed by atoms with Gasteiger partial charge in [0.15, 0.2) is 0 Å². The van der Waals surface area contributed by atoms with E-state index in [4.69, 9.17) is 0 Å². The second kappa shape index (κ2) is 5.17. The average Bonchev–Trinajstić information content (AvgIpc) is 2.74. The molecule has 0 aromatic heterocycles. The summed E-state index contributed by atoms with van der Waals surface area (Å²) in [5.41, 5.74) is 2.36. The number of nitrogens with one attached hydrogen (secondary N) is 3. The molecule has 7 heteroatoms. The van der Waals surface area contributed by atoms with E-state index in [-0.39, 0.29) is 36.9 Å². The zero-order valence-corrected chi connectivity index (χ0v) is 11.6. The largest absolute Gasteiger partial charge is 0.353 e. The summed E-state index contributed by atoms with van der Waals surface area (Å²) >= 11 is 0. The number of likely N-dealkylation sites (N-methyl/N-ethyl adjacent to an activating group) is 1. The first-order valence-corrected chi connectivity index (χ1v) is 6.84. The molecular formula is C14H16N4O3. The molecule has 1 atom stereocenters. The van der Waals surface area contributed by atoms with Gasteiger partial charge >= 0.3 is 0 Å². The summed E-state index contributed by atoms with van der Waals surface area (Å²) in [6.07, 6.45) is 0. The highest BCUT2D eigenvalue weighted by molar-refractivity contribution is 6.05. The Kier molecular flexibility index (Phi) is 3.34. The zero-order valence-electron chi connectivity index (χ0n) is 11.6. The Morgan fingerprint density at radius 1 is 1.19 bits per heavy atom. The maximum atomic E-state index is 11.9. The molecule has 0 spiro atoms. The third-order valence-electron chi connectivity index (χ3n) is 3.59. The number of anilines is 2. The first-order valence-electron chi connectivity index (χ1n) is 6.84. The van der Waals surface area contributed by atoms with E-state index in [2.05, 4.69) is 16.0 Å². The van der Waals surface area contributed by atoms with Crippen LogP contribution in [0.3, 0.4) is 0 Å². The molecule has 1 aromatic rings. The third-order valence-corrected chi connectivity index (χ3v) is 3.59. The van der Waals surface area contributed by atoms with Crippen LogP contribution in [0.25, 0.3) is 0 Å². The second-order valence-corrected chi connectivity index (χ2v) is 5.08. The average molecular weight is 288 g/mol. The normalized spacial score (nSPS) is 21.1. The fraction of sp³-hybridized carbons (Fsp3) is 0.357. The summed E-state index contributed by atoms with van der Waals surface area (Å²) in [6, 6.07) is 5.14. The quantitative estimate of drug-likeness (QED) is 0.667. The highest BCUT2D eigenvalue weighted by Gasteiger charge is 2.31. The Bertz CT molecular complexity index is 613. The molecule has 2 aliphatic rings. The minimum Gasteiger partial charge on any atom is -0.353 e. The second-order valence-electron chi connectivity index (χ2n) is 5.08. The molecule has 110 valence electrons. The molecule has 0 saturated carbocycles. The lowest BCUT2D eigenvalue weighted by Gasteiger charge is -2.27. The van der Waals surface area contributed by atoms with E-state index in [0.29, 0.717) is 6.54 Å². The van der Waals surface area contributed by atoms with Gasteiger partial charge in [0, 0.05) is 16.9 Å². The maximum absolute atomic E-state index is 11.9. The number of rotatable bonds is 3. The first-order chi connectivity index (χ1) is 10.1. The molecule has 1 unspecified atom stereocenters. The summed E-state index contributed by atoms with van der Waals surface area (Å²) < 4.78 is 0. The SMILES string of the molecule is CCNC1C(=O)Nc2cc(N3CC(=O)NC(=O)C3)ccc21. The van der Waals surface area contributed by atoms with Gasteiger partial charge in [0.05, 0.1) is 13.1 Å². The molecule has 3 amide bonds. The van der Waals surface area contributed by atoms with Gasteiger partial charge in [-0.3, -0.25) is 19.7 Å². The first kappa shape index (κ1) is 13.6. The fourth-order valence-electron chi connectivity index (χ4n) is 2.67. The molecule has 0 bridgehead atoms. The van der Waals surface area contributed by atoms with Crippen LogP contribution in [-0.4, -0.2) is 37.4 Å². The van der Waals surface area contributed by atoms with Crippen molar-refractivity contribution in [2.75, 3.05) is 29.9 Å². The van der Waals surface area contributed by atoms with Gasteiger partial charge in [-0.1, -0.05) is 13.0 Å². The van der Waals surface area contributed by atoms with Crippen LogP contribution < -0.4 is 20.9 Å². The van der Waals surface area contributed by atoms with Crippen molar-refractivity contribution in [3.05, 3.63) is 23.8 Å². The number of amides is 3. The third kappa shape index (κ3) is 2.47. The van der Waals surface area contributed by atoms with Crippen molar-refractivity contribution in [3.8, 4) is 0 Å². The van der Waals surface area contributed by atoms with Gasteiger partial charge < -0.3 is 15.5 Å². The fourth-order valence-corrected chi connectivity index (χ4v) is 2.67. The molecule has 1 fully saturated rings. The summed E-state index contributed by atoms with van der Waals surface area (Å²) in [5, 5.41) is 8.20. The molecule has 0 aliphatic carbocycles. The predicted molar refractivity (Wildman–Crippen MR) is 76.9 cm³/mol. The summed E-state index contributed by atoms with van der Waals surface area (Å²) in [5.74, 6) is -0.723. The standard InChI is InChI=1S/C14H16N4O3/c1-2-15-13-9-4-3-8(5-10(9)16-14(13)21)18-6-11(19)17-12(20)7-18/h3-5,13,15H,2,6-7H2,1H3,(H,16,21)(H,17,19,20). The maximum Gasteiger partial charge on any atom is 0.246 e. The van der Waals surface area contributed by atoms with Crippen LogP contribution in [0.4, 0.5) is 11.4 Å². The Hall–Kier alpha value is -2.41. The van der Waals surface area contributed by atoms with E-state index in [1.165, 1.54) is 0 Å². The van der Waals surface area contributed by atoms with E-state index in [9.17, 15) is 14.4 Å². The van der Waals surface area contributed by atoms with Gasteiger partial charge in [-0.2, -0.15) is 0 Å². The minimum atomic E-state index is -0.342. The number of carbonyl (C=O) groups excluding carboxylic acids is 3. The molecule has 2 heterocycles. The molecule has 3 rings (SSSR count). The Labute approximate surface area is 121 Å². The number of carbonyl (C=O) groups is 3. The molecule has 21 heavy (non-hydrogen) atoms. The Balaban J connectivity index is 1.87. The van der Waals surface area contributed by atoms with Gasteiger partial charge in [0.25, 0.3) is 0 Å². The topological polar surface area (TPSA) is 90.5 Å². The van der Waals surface area contributed by atoms with Gasteiger partial charge in [-0.25, -0.2) is 0 Å². The van der Waals surface area contributed by atoms with Crippen molar-refractivity contribution in [1.29, 1.82) is 0 Å². The predicted octanol–water partition coefficient (Wildman–Crippen LogP) is -0.248.